The molecule has 3 rings (SSSR count). The Morgan fingerprint density at radius 2 is 2.12 bits per heavy atom. The summed E-state index contributed by atoms with van der Waals surface area (Å²) in [4.78, 5) is 6.28. The number of thiazole rings is 1. The fourth-order valence-electron chi connectivity index (χ4n) is 2.03. The van der Waals surface area contributed by atoms with E-state index in [0.29, 0.717) is 0 Å². The van der Waals surface area contributed by atoms with Gasteiger partial charge in [-0.25, -0.2) is 4.98 Å². The molecule has 0 radical (unpaired) electrons. The molecule has 0 saturated heterocycles. The zero-order chi connectivity index (χ0) is 11.0. The second-order valence-corrected chi connectivity index (χ2v) is 6.30. The van der Waals surface area contributed by atoms with E-state index in [9.17, 15) is 0 Å². The molecule has 2 fully saturated rings. The van der Waals surface area contributed by atoms with Gasteiger partial charge < -0.3 is 5.32 Å². The highest BCUT2D eigenvalue weighted by molar-refractivity contribution is 7.11. The number of nitrogens with zero attached hydrogens (tertiary/aromatic N) is 1. The molecule has 0 aliphatic heterocycles. The third-order valence-electron chi connectivity index (χ3n) is 3.45. The molecule has 3 heteroatoms. The molecule has 0 atom stereocenters. The molecule has 1 N–H and O–H groups in total. The lowest BCUT2D eigenvalue weighted by Gasteiger charge is -2.00. The van der Waals surface area contributed by atoms with E-state index in [1.165, 1.54) is 47.7 Å². The van der Waals surface area contributed by atoms with Crippen LogP contribution in [-0.4, -0.2) is 11.0 Å². The van der Waals surface area contributed by atoms with Gasteiger partial charge in [0.1, 0.15) is 0 Å². The first-order valence-corrected chi connectivity index (χ1v) is 7.37. The minimum Gasteiger partial charge on any atom is -0.309 e. The summed E-state index contributed by atoms with van der Waals surface area (Å²) in [6.07, 6.45) is 7.92. The van der Waals surface area contributed by atoms with Gasteiger partial charge in [-0.1, -0.05) is 6.92 Å². The van der Waals surface area contributed by atoms with E-state index in [4.69, 9.17) is 4.98 Å². The molecule has 2 nitrogen and oxygen atoms in total. The van der Waals surface area contributed by atoms with E-state index in [1.54, 1.807) is 0 Å². The van der Waals surface area contributed by atoms with Crippen molar-refractivity contribution >= 4 is 11.3 Å². The summed E-state index contributed by atoms with van der Waals surface area (Å²) in [5.74, 6) is 0.958. The quantitative estimate of drug-likeness (QED) is 0.821. The van der Waals surface area contributed by atoms with Crippen molar-refractivity contribution in [2.24, 2.45) is 5.92 Å². The van der Waals surface area contributed by atoms with Gasteiger partial charge in [-0.2, -0.15) is 0 Å². The zero-order valence-electron chi connectivity index (χ0n) is 9.96. The van der Waals surface area contributed by atoms with E-state index in [0.717, 1.165) is 24.9 Å². The molecule has 2 saturated carbocycles. The molecule has 0 aromatic carbocycles. The van der Waals surface area contributed by atoms with Gasteiger partial charge in [0.15, 0.2) is 0 Å². The summed E-state index contributed by atoms with van der Waals surface area (Å²) in [5.41, 5.74) is 1.34. The standard InChI is InChI=1S/C13H20N2S/c1-2-11-12(8-14-10-5-6-10)16-13(15-11)7-9-3-4-9/h9-10,14H,2-8H2,1H3. The van der Waals surface area contributed by atoms with Crippen LogP contribution in [0.1, 0.15) is 48.2 Å². The van der Waals surface area contributed by atoms with Crippen LogP contribution in [0.15, 0.2) is 0 Å². The molecule has 0 amide bonds. The first-order chi connectivity index (χ1) is 7.85. The first-order valence-electron chi connectivity index (χ1n) is 6.56. The summed E-state index contributed by atoms with van der Waals surface area (Å²) in [7, 11) is 0. The van der Waals surface area contributed by atoms with Gasteiger partial charge >= 0.3 is 0 Å². The molecule has 0 bridgehead atoms. The number of hydrogen-bond donors (Lipinski definition) is 1. The minimum atomic E-state index is 0.804. The molecule has 0 unspecified atom stereocenters. The fraction of sp³-hybridized carbons (Fsp3) is 0.769. The maximum Gasteiger partial charge on any atom is 0.0934 e. The van der Waals surface area contributed by atoms with Crippen LogP contribution >= 0.6 is 11.3 Å². The zero-order valence-corrected chi connectivity index (χ0v) is 10.8. The average molecular weight is 236 g/mol. The van der Waals surface area contributed by atoms with Gasteiger partial charge in [0.25, 0.3) is 0 Å². The smallest absolute Gasteiger partial charge is 0.0934 e. The number of hydrogen-bond acceptors (Lipinski definition) is 3. The van der Waals surface area contributed by atoms with Crippen LogP contribution in [0.3, 0.4) is 0 Å². The molecule has 1 aromatic rings. The average Bonchev–Trinajstić information content (AvgIpc) is 3.16. The summed E-state index contributed by atoms with van der Waals surface area (Å²) < 4.78 is 0. The van der Waals surface area contributed by atoms with Gasteiger partial charge in [0, 0.05) is 23.9 Å². The van der Waals surface area contributed by atoms with Crippen LogP contribution in [0.25, 0.3) is 0 Å². The van der Waals surface area contributed by atoms with Crippen molar-refractivity contribution in [3.63, 3.8) is 0 Å². The number of nitrogens with one attached hydrogen (secondary N) is 1. The summed E-state index contributed by atoms with van der Waals surface area (Å²) in [5, 5.41) is 4.98. The summed E-state index contributed by atoms with van der Waals surface area (Å²) in [6, 6.07) is 0.804. The van der Waals surface area contributed by atoms with Gasteiger partial charge in [0.2, 0.25) is 0 Å². The third kappa shape index (κ3) is 2.64. The van der Waals surface area contributed by atoms with Crippen molar-refractivity contribution in [2.45, 2.75) is 58.0 Å². The normalized spacial score (nSPS) is 20.3. The van der Waals surface area contributed by atoms with Crippen LogP contribution in [0.4, 0.5) is 0 Å². The van der Waals surface area contributed by atoms with Gasteiger partial charge in [-0.3, -0.25) is 0 Å². The minimum absolute atomic E-state index is 0.804. The topological polar surface area (TPSA) is 24.9 Å². The molecule has 0 spiro atoms. The Balaban J connectivity index is 1.64. The van der Waals surface area contributed by atoms with E-state index < -0.39 is 0 Å². The van der Waals surface area contributed by atoms with Crippen molar-refractivity contribution in [3.8, 4) is 0 Å². The molecule has 16 heavy (non-hydrogen) atoms. The lowest BCUT2D eigenvalue weighted by molar-refractivity contribution is 0.689. The van der Waals surface area contributed by atoms with Crippen LogP contribution in [0.2, 0.25) is 0 Å². The summed E-state index contributed by atoms with van der Waals surface area (Å²) in [6.45, 7) is 3.27. The Labute approximate surface area is 101 Å². The SMILES string of the molecule is CCc1nc(CC2CC2)sc1CNC1CC1. The number of aromatic nitrogens is 1. The highest BCUT2D eigenvalue weighted by atomic mass is 32.1. The second kappa shape index (κ2) is 4.46. The Hall–Kier alpha value is -0.410. The molecule has 88 valence electrons. The molecule has 1 heterocycles. The largest absolute Gasteiger partial charge is 0.309 e. The van der Waals surface area contributed by atoms with Crippen molar-refractivity contribution < 1.29 is 0 Å². The van der Waals surface area contributed by atoms with Crippen molar-refractivity contribution in [2.75, 3.05) is 0 Å². The van der Waals surface area contributed by atoms with Crippen LogP contribution < -0.4 is 5.32 Å². The lowest BCUT2D eigenvalue weighted by Crippen LogP contribution is -2.15. The van der Waals surface area contributed by atoms with Gasteiger partial charge in [0.05, 0.1) is 10.7 Å². The number of aryl methyl sites for hydroxylation is 1. The predicted molar refractivity (Wildman–Crippen MR) is 67.8 cm³/mol. The second-order valence-electron chi connectivity index (χ2n) is 5.13. The van der Waals surface area contributed by atoms with Gasteiger partial charge in [-0.15, -0.1) is 11.3 Å². The van der Waals surface area contributed by atoms with Gasteiger partial charge in [-0.05, 0) is 38.0 Å². The molecular formula is C13H20N2S. The Kier molecular flexibility index (Phi) is 2.99. The van der Waals surface area contributed by atoms with E-state index >= 15 is 0 Å². The van der Waals surface area contributed by atoms with Crippen molar-refractivity contribution in [1.29, 1.82) is 0 Å². The Morgan fingerprint density at radius 1 is 1.31 bits per heavy atom. The highest BCUT2D eigenvalue weighted by Gasteiger charge is 2.24. The number of rotatable bonds is 6. The molecular weight excluding hydrogens is 216 g/mol. The van der Waals surface area contributed by atoms with Crippen LogP contribution in [0, 0.1) is 5.92 Å². The van der Waals surface area contributed by atoms with Crippen LogP contribution in [0.5, 0.6) is 0 Å². The molecule has 2 aliphatic rings. The third-order valence-corrected chi connectivity index (χ3v) is 4.57. The van der Waals surface area contributed by atoms with Crippen LogP contribution in [-0.2, 0) is 19.4 Å². The van der Waals surface area contributed by atoms with E-state index in [1.807, 2.05) is 11.3 Å². The van der Waals surface area contributed by atoms with E-state index in [2.05, 4.69) is 12.2 Å². The lowest BCUT2D eigenvalue weighted by atomic mass is 10.3. The maximum atomic E-state index is 4.79. The fourth-order valence-corrected chi connectivity index (χ4v) is 3.25. The summed E-state index contributed by atoms with van der Waals surface area (Å²) >= 11 is 1.95. The van der Waals surface area contributed by atoms with Crippen molar-refractivity contribution in [1.82, 2.24) is 10.3 Å². The monoisotopic (exact) mass is 236 g/mol. The molecule has 1 aromatic heterocycles. The molecule has 2 aliphatic carbocycles. The Bertz CT molecular complexity index is 364. The van der Waals surface area contributed by atoms with Crippen molar-refractivity contribution in [3.05, 3.63) is 15.6 Å². The first kappa shape index (κ1) is 10.7. The predicted octanol–water partition coefficient (Wildman–Crippen LogP) is 2.91. The Morgan fingerprint density at radius 3 is 2.75 bits per heavy atom. The highest BCUT2D eigenvalue weighted by Crippen LogP contribution is 2.34. The maximum absolute atomic E-state index is 4.79. The van der Waals surface area contributed by atoms with E-state index in [-0.39, 0.29) is 0 Å².